The van der Waals surface area contributed by atoms with E-state index in [9.17, 15) is 19.1 Å². The molecule has 5 rings (SSSR count). The van der Waals surface area contributed by atoms with Gasteiger partial charge >= 0.3 is 0 Å². The van der Waals surface area contributed by atoms with Gasteiger partial charge in [0.2, 0.25) is 0 Å². The SMILES string of the molecule is CN1CCN(C(=O)c2ccc(NC3CN(C4CCN(C(=O)[C@@](C)(O)c5cccc(F)c5)CC4)C3)cc2Cl)CC1.S. The van der Waals surface area contributed by atoms with Crippen LogP contribution in [0.3, 0.4) is 0 Å². The van der Waals surface area contributed by atoms with E-state index in [0.717, 1.165) is 44.7 Å². The van der Waals surface area contributed by atoms with E-state index in [0.29, 0.717) is 42.8 Å². The minimum atomic E-state index is -1.76. The van der Waals surface area contributed by atoms with Crippen LogP contribution in [0.5, 0.6) is 0 Å². The van der Waals surface area contributed by atoms with Gasteiger partial charge < -0.3 is 25.1 Å². The molecule has 0 bridgehead atoms. The Morgan fingerprint density at radius 3 is 2.30 bits per heavy atom. The van der Waals surface area contributed by atoms with Crippen LogP contribution >= 0.6 is 25.1 Å². The number of hydrogen-bond donors (Lipinski definition) is 2. The van der Waals surface area contributed by atoms with Crippen molar-refractivity contribution >= 4 is 42.6 Å². The third-order valence-electron chi connectivity index (χ3n) is 8.34. The van der Waals surface area contributed by atoms with Crippen LogP contribution in [0.4, 0.5) is 10.1 Å². The Morgan fingerprint density at radius 1 is 1.00 bits per heavy atom. The van der Waals surface area contributed by atoms with Gasteiger partial charge in [-0.3, -0.25) is 14.5 Å². The second-order valence-corrected chi connectivity index (χ2v) is 11.6. The maximum absolute atomic E-state index is 13.6. The highest BCUT2D eigenvalue weighted by Gasteiger charge is 2.40. The van der Waals surface area contributed by atoms with Crippen molar-refractivity contribution in [1.29, 1.82) is 0 Å². The molecule has 0 saturated carbocycles. The van der Waals surface area contributed by atoms with E-state index in [1.807, 2.05) is 23.1 Å². The number of nitrogens with one attached hydrogen (secondary N) is 1. The maximum Gasteiger partial charge on any atom is 0.258 e. The van der Waals surface area contributed by atoms with Gasteiger partial charge in [-0.2, -0.15) is 13.5 Å². The second-order valence-electron chi connectivity index (χ2n) is 11.2. The molecule has 0 aromatic heterocycles. The zero-order valence-corrected chi connectivity index (χ0v) is 24.8. The minimum absolute atomic E-state index is 0. The standard InChI is InChI=1S/C29H37ClFN5O3.H2S/c1-29(39,20-4-3-5-21(31)16-20)28(38)35-10-8-24(9-11-35)36-18-23(19-36)32-22-6-7-25(26(30)17-22)27(37)34-14-12-33(2)13-15-34;/h3-7,16-17,23-24,32,39H,8-15,18-19H2,1-2H3;1H2/t29-;/m0./s1. The van der Waals surface area contributed by atoms with E-state index in [4.69, 9.17) is 11.6 Å². The lowest BCUT2D eigenvalue weighted by molar-refractivity contribution is -0.152. The molecule has 2 amide bonds. The van der Waals surface area contributed by atoms with Crippen LogP contribution in [0.25, 0.3) is 0 Å². The highest BCUT2D eigenvalue weighted by molar-refractivity contribution is 7.59. The molecule has 3 aliphatic rings. The number of rotatable bonds is 6. The van der Waals surface area contributed by atoms with Crippen LogP contribution in [0.15, 0.2) is 42.5 Å². The molecule has 2 aromatic carbocycles. The molecule has 11 heteroatoms. The molecular weight excluding hydrogens is 553 g/mol. The molecule has 2 N–H and O–H groups in total. The summed E-state index contributed by atoms with van der Waals surface area (Å²) in [6, 6.07) is 11.8. The monoisotopic (exact) mass is 591 g/mol. The largest absolute Gasteiger partial charge is 0.380 e. The van der Waals surface area contributed by atoms with E-state index in [1.54, 1.807) is 11.0 Å². The van der Waals surface area contributed by atoms with Crippen LogP contribution in [0.1, 0.15) is 35.7 Å². The van der Waals surface area contributed by atoms with Crippen molar-refractivity contribution in [3.05, 3.63) is 64.4 Å². The van der Waals surface area contributed by atoms with Crippen LogP contribution < -0.4 is 5.32 Å². The number of piperazine rings is 1. The van der Waals surface area contributed by atoms with Crippen molar-refractivity contribution in [1.82, 2.24) is 19.6 Å². The molecule has 3 saturated heterocycles. The van der Waals surface area contributed by atoms with E-state index in [1.165, 1.54) is 25.1 Å². The summed E-state index contributed by atoms with van der Waals surface area (Å²) in [6.07, 6.45) is 1.65. The first kappa shape index (κ1) is 30.6. The number of likely N-dealkylation sites (tertiary alicyclic amines) is 2. The van der Waals surface area contributed by atoms with Gasteiger partial charge in [-0.15, -0.1) is 0 Å². The summed E-state index contributed by atoms with van der Waals surface area (Å²) in [6.45, 7) is 7.48. The van der Waals surface area contributed by atoms with E-state index >= 15 is 0 Å². The van der Waals surface area contributed by atoms with Crippen LogP contribution in [0, 0.1) is 5.82 Å². The number of halogens is 2. The molecule has 1 atom stereocenters. The number of amides is 2. The number of carbonyl (C=O) groups is 2. The van der Waals surface area contributed by atoms with E-state index < -0.39 is 11.4 Å². The molecule has 40 heavy (non-hydrogen) atoms. The van der Waals surface area contributed by atoms with Gasteiger partial charge in [0.05, 0.1) is 16.6 Å². The minimum Gasteiger partial charge on any atom is -0.380 e. The number of carbonyl (C=O) groups excluding carboxylic acids is 2. The Hall–Kier alpha value is -2.37. The lowest BCUT2D eigenvalue weighted by Crippen LogP contribution is -2.61. The zero-order chi connectivity index (χ0) is 27.7. The van der Waals surface area contributed by atoms with Crippen LogP contribution in [-0.4, -0.2) is 108 Å². The van der Waals surface area contributed by atoms with Crippen molar-refractivity contribution in [3.63, 3.8) is 0 Å². The smallest absolute Gasteiger partial charge is 0.258 e. The number of aliphatic hydroxyl groups is 1. The van der Waals surface area contributed by atoms with Crippen molar-refractivity contribution in [2.45, 2.75) is 37.5 Å². The molecule has 3 fully saturated rings. The first-order chi connectivity index (χ1) is 18.6. The maximum atomic E-state index is 13.6. The van der Waals surface area contributed by atoms with Crippen LogP contribution in [0.2, 0.25) is 5.02 Å². The predicted octanol–water partition coefficient (Wildman–Crippen LogP) is 2.97. The Bertz CT molecular complexity index is 1210. The van der Waals surface area contributed by atoms with Gasteiger partial charge in [-0.1, -0.05) is 23.7 Å². The quantitative estimate of drug-likeness (QED) is 0.538. The van der Waals surface area contributed by atoms with Gasteiger partial charge in [0.1, 0.15) is 5.82 Å². The highest BCUT2D eigenvalue weighted by atomic mass is 35.5. The Kier molecular flexibility index (Phi) is 9.67. The number of benzene rings is 2. The predicted molar refractivity (Wildman–Crippen MR) is 160 cm³/mol. The highest BCUT2D eigenvalue weighted by Crippen LogP contribution is 2.29. The van der Waals surface area contributed by atoms with Gasteiger partial charge in [0, 0.05) is 64.1 Å². The fourth-order valence-electron chi connectivity index (χ4n) is 5.75. The molecule has 0 aliphatic carbocycles. The lowest BCUT2D eigenvalue weighted by Gasteiger charge is -2.48. The molecule has 3 heterocycles. The summed E-state index contributed by atoms with van der Waals surface area (Å²) in [4.78, 5) is 34.1. The summed E-state index contributed by atoms with van der Waals surface area (Å²) in [7, 11) is 2.06. The van der Waals surface area contributed by atoms with Crippen molar-refractivity contribution in [2.24, 2.45) is 0 Å². The number of anilines is 1. The van der Waals surface area contributed by atoms with Crippen molar-refractivity contribution in [3.8, 4) is 0 Å². The number of piperidine rings is 1. The normalized spacial score (nSPS) is 20.8. The molecule has 2 aromatic rings. The molecule has 3 aliphatic heterocycles. The van der Waals surface area contributed by atoms with Crippen molar-refractivity contribution in [2.75, 3.05) is 64.7 Å². The summed E-state index contributed by atoms with van der Waals surface area (Å²) in [5, 5.41) is 14.9. The molecule has 8 nitrogen and oxygen atoms in total. The average Bonchev–Trinajstić information content (AvgIpc) is 2.90. The number of likely N-dealkylation sites (N-methyl/N-ethyl adjacent to an activating group) is 1. The summed E-state index contributed by atoms with van der Waals surface area (Å²) >= 11 is 6.51. The van der Waals surface area contributed by atoms with Gasteiger partial charge in [0.15, 0.2) is 5.60 Å². The second kappa shape index (κ2) is 12.7. The first-order valence-corrected chi connectivity index (χ1v) is 14.1. The topological polar surface area (TPSA) is 79.4 Å². The van der Waals surface area contributed by atoms with Crippen LogP contribution in [-0.2, 0) is 10.4 Å². The third kappa shape index (κ3) is 6.57. The van der Waals surface area contributed by atoms with Crippen molar-refractivity contribution < 1.29 is 19.1 Å². The third-order valence-corrected chi connectivity index (χ3v) is 8.65. The Balaban J connectivity index is 0.00000370. The Labute approximate surface area is 247 Å². The molecular formula is C29H39ClFN5O3S. The fourth-order valence-corrected chi connectivity index (χ4v) is 6.01. The van der Waals surface area contributed by atoms with Gasteiger partial charge in [-0.25, -0.2) is 4.39 Å². The lowest BCUT2D eigenvalue weighted by atomic mass is 9.92. The van der Waals surface area contributed by atoms with Gasteiger partial charge in [-0.05, 0) is 62.7 Å². The average molecular weight is 592 g/mol. The molecule has 0 spiro atoms. The van der Waals surface area contributed by atoms with E-state index in [-0.39, 0.29) is 36.9 Å². The summed E-state index contributed by atoms with van der Waals surface area (Å²) in [5.41, 5.74) is -0.0468. The summed E-state index contributed by atoms with van der Waals surface area (Å²) < 4.78 is 13.6. The molecule has 218 valence electrons. The zero-order valence-electron chi connectivity index (χ0n) is 23.1. The Morgan fingerprint density at radius 2 is 1.68 bits per heavy atom. The molecule has 0 unspecified atom stereocenters. The number of hydrogen-bond acceptors (Lipinski definition) is 6. The van der Waals surface area contributed by atoms with Gasteiger partial charge in [0.25, 0.3) is 11.8 Å². The van der Waals surface area contributed by atoms with E-state index in [2.05, 4.69) is 22.2 Å². The summed E-state index contributed by atoms with van der Waals surface area (Å²) in [5.74, 6) is -0.879. The fraction of sp³-hybridized carbons (Fsp3) is 0.517. The number of nitrogens with zero attached hydrogens (tertiary/aromatic N) is 4. The first-order valence-electron chi connectivity index (χ1n) is 13.7. The molecule has 0 radical (unpaired) electrons.